The van der Waals surface area contributed by atoms with Crippen LogP contribution in [0.2, 0.25) is 0 Å². The van der Waals surface area contributed by atoms with E-state index in [9.17, 15) is 15.0 Å². The van der Waals surface area contributed by atoms with Gasteiger partial charge in [-0.15, -0.1) is 0 Å². The molecule has 0 fully saturated rings. The molecule has 2 heterocycles. The van der Waals surface area contributed by atoms with Crippen molar-refractivity contribution in [2.24, 2.45) is 0 Å². The molecule has 7 nitrogen and oxygen atoms in total. The molecule has 0 aliphatic carbocycles. The number of phenols is 1. The highest BCUT2D eigenvalue weighted by Crippen LogP contribution is 2.23. The van der Waals surface area contributed by atoms with Crippen molar-refractivity contribution in [2.45, 2.75) is 6.61 Å². The fourth-order valence-corrected chi connectivity index (χ4v) is 2.31. The van der Waals surface area contributed by atoms with Crippen LogP contribution in [0.15, 0.2) is 42.5 Å². The minimum absolute atomic E-state index is 0.0261. The number of hydrogen-bond acceptors (Lipinski definition) is 5. The number of benzene rings is 1. The van der Waals surface area contributed by atoms with Crippen molar-refractivity contribution < 1.29 is 24.5 Å². The molecule has 0 spiro atoms. The van der Waals surface area contributed by atoms with Crippen LogP contribution >= 0.6 is 0 Å². The van der Waals surface area contributed by atoms with Gasteiger partial charge in [0.25, 0.3) is 0 Å². The minimum Gasteiger partial charge on any atom is -0.508 e. The molecule has 7 heteroatoms. The number of methoxy groups -OCH3 is 1. The molecule has 0 amide bonds. The van der Waals surface area contributed by atoms with Gasteiger partial charge in [-0.05, 0) is 24.3 Å². The number of fused-ring (bicyclic) bond motifs is 1. The zero-order chi connectivity index (χ0) is 16.4. The van der Waals surface area contributed by atoms with Crippen LogP contribution in [0.1, 0.15) is 16.3 Å². The quantitative estimate of drug-likeness (QED) is 0.751. The first-order valence-corrected chi connectivity index (χ1v) is 6.79. The van der Waals surface area contributed by atoms with Gasteiger partial charge in [-0.2, -0.15) is 0 Å². The van der Waals surface area contributed by atoms with Gasteiger partial charge in [0.15, 0.2) is 17.4 Å². The van der Waals surface area contributed by atoms with Gasteiger partial charge in [0.1, 0.15) is 18.1 Å². The molecule has 0 radical (unpaired) electrons. The zero-order valence-electron chi connectivity index (χ0n) is 12.3. The Bertz CT molecular complexity index is 872. The largest absolute Gasteiger partial charge is 0.508 e. The predicted molar refractivity (Wildman–Crippen MR) is 81.1 cm³/mol. The lowest BCUT2D eigenvalue weighted by atomic mass is 10.3. The van der Waals surface area contributed by atoms with Crippen LogP contribution < -0.4 is 9.47 Å². The summed E-state index contributed by atoms with van der Waals surface area (Å²) in [7, 11) is 1.50. The molecule has 0 aliphatic rings. The summed E-state index contributed by atoms with van der Waals surface area (Å²) in [6, 6.07) is 11.4. The molecule has 3 aromatic rings. The van der Waals surface area contributed by atoms with E-state index in [1.165, 1.54) is 19.2 Å². The summed E-state index contributed by atoms with van der Waals surface area (Å²) in [4.78, 5) is 15.5. The highest BCUT2D eigenvalue weighted by molar-refractivity contribution is 5.93. The van der Waals surface area contributed by atoms with Gasteiger partial charge in [0.2, 0.25) is 0 Å². The highest BCUT2D eigenvalue weighted by Gasteiger charge is 2.19. The molecule has 3 rings (SSSR count). The SMILES string of the molecule is COc1cccc2c(C(=O)O)nc(COc3cccc(O)c3)n12. The van der Waals surface area contributed by atoms with Crippen molar-refractivity contribution in [1.29, 1.82) is 0 Å². The third-order valence-corrected chi connectivity index (χ3v) is 3.29. The number of aromatic hydroxyl groups is 1. The second-order valence-electron chi connectivity index (χ2n) is 4.76. The number of phenolic OH excluding ortho intramolecular Hbond substituents is 1. The van der Waals surface area contributed by atoms with Crippen molar-refractivity contribution in [3.05, 3.63) is 54.0 Å². The Morgan fingerprint density at radius 1 is 1.26 bits per heavy atom. The molecule has 2 aromatic heterocycles. The van der Waals surface area contributed by atoms with E-state index in [4.69, 9.17) is 9.47 Å². The fraction of sp³-hybridized carbons (Fsp3) is 0.125. The van der Waals surface area contributed by atoms with E-state index >= 15 is 0 Å². The second kappa shape index (κ2) is 5.88. The standard InChI is InChI=1S/C16H14N2O5/c1-22-14-7-3-6-12-15(16(20)21)17-13(18(12)14)9-23-11-5-2-4-10(19)8-11/h2-8,19H,9H2,1H3,(H,20,21). The van der Waals surface area contributed by atoms with Crippen LogP contribution in [-0.2, 0) is 6.61 Å². The fourth-order valence-electron chi connectivity index (χ4n) is 2.31. The number of carbonyl (C=O) groups is 1. The number of rotatable bonds is 5. The molecule has 0 atom stereocenters. The van der Waals surface area contributed by atoms with E-state index in [0.717, 1.165) is 0 Å². The van der Waals surface area contributed by atoms with Gasteiger partial charge >= 0.3 is 5.97 Å². The monoisotopic (exact) mass is 314 g/mol. The Labute approximate surface area is 131 Å². The van der Waals surface area contributed by atoms with Crippen molar-refractivity contribution in [1.82, 2.24) is 9.38 Å². The van der Waals surface area contributed by atoms with Crippen LogP contribution in [-0.4, -0.2) is 32.7 Å². The predicted octanol–water partition coefficient (Wildman–Crippen LogP) is 2.33. The molecular weight excluding hydrogens is 300 g/mol. The first kappa shape index (κ1) is 14.7. The number of imidazole rings is 1. The summed E-state index contributed by atoms with van der Waals surface area (Å²) in [5, 5.41) is 18.7. The average molecular weight is 314 g/mol. The number of ether oxygens (including phenoxy) is 2. The Morgan fingerprint density at radius 2 is 2.04 bits per heavy atom. The third-order valence-electron chi connectivity index (χ3n) is 3.29. The Kier molecular flexibility index (Phi) is 3.76. The van der Waals surface area contributed by atoms with Crippen LogP contribution in [0.25, 0.3) is 5.52 Å². The summed E-state index contributed by atoms with van der Waals surface area (Å²) in [5.41, 5.74) is 0.352. The number of aromatic nitrogens is 2. The zero-order valence-corrected chi connectivity index (χ0v) is 12.3. The van der Waals surface area contributed by atoms with Gasteiger partial charge in [0.05, 0.1) is 12.6 Å². The first-order valence-electron chi connectivity index (χ1n) is 6.79. The molecule has 0 saturated heterocycles. The molecule has 118 valence electrons. The molecule has 1 aromatic carbocycles. The second-order valence-corrected chi connectivity index (χ2v) is 4.76. The van der Waals surface area contributed by atoms with Crippen molar-refractivity contribution >= 4 is 11.5 Å². The molecule has 0 aliphatic heterocycles. The summed E-state index contributed by atoms with van der Waals surface area (Å²) in [5.74, 6) is 0.252. The van der Waals surface area contributed by atoms with E-state index < -0.39 is 5.97 Å². The molecule has 0 unspecified atom stereocenters. The van der Waals surface area contributed by atoms with Crippen LogP contribution in [0.5, 0.6) is 17.4 Å². The number of aromatic carboxylic acids is 1. The van der Waals surface area contributed by atoms with Gasteiger partial charge in [-0.1, -0.05) is 12.1 Å². The number of nitrogens with zero attached hydrogens (tertiary/aromatic N) is 2. The maximum Gasteiger partial charge on any atom is 0.356 e. The lowest BCUT2D eigenvalue weighted by Crippen LogP contribution is -2.03. The molecule has 23 heavy (non-hydrogen) atoms. The van der Waals surface area contributed by atoms with Crippen LogP contribution in [0, 0.1) is 0 Å². The number of carboxylic acid groups (broad SMARTS) is 1. The molecule has 0 bridgehead atoms. The number of carboxylic acids is 1. The Hall–Kier alpha value is -3.22. The van der Waals surface area contributed by atoms with Gasteiger partial charge in [0, 0.05) is 6.07 Å². The molecular formula is C16H14N2O5. The Balaban J connectivity index is 2.01. The van der Waals surface area contributed by atoms with E-state index in [1.807, 2.05) is 0 Å². The van der Waals surface area contributed by atoms with Crippen LogP contribution in [0.4, 0.5) is 0 Å². The minimum atomic E-state index is -1.13. The maximum absolute atomic E-state index is 11.4. The number of hydrogen-bond donors (Lipinski definition) is 2. The summed E-state index contributed by atoms with van der Waals surface area (Å²) < 4.78 is 12.4. The van der Waals surface area contributed by atoms with E-state index in [0.29, 0.717) is 23.0 Å². The third kappa shape index (κ3) is 2.76. The van der Waals surface area contributed by atoms with Crippen molar-refractivity contribution in [3.8, 4) is 17.4 Å². The van der Waals surface area contributed by atoms with Crippen molar-refractivity contribution in [3.63, 3.8) is 0 Å². The number of pyridine rings is 1. The summed E-state index contributed by atoms with van der Waals surface area (Å²) in [6.07, 6.45) is 0. The molecule has 2 N–H and O–H groups in total. The lowest BCUT2D eigenvalue weighted by Gasteiger charge is -2.09. The maximum atomic E-state index is 11.4. The van der Waals surface area contributed by atoms with Crippen LogP contribution in [0.3, 0.4) is 0 Å². The first-order chi connectivity index (χ1) is 11.1. The summed E-state index contributed by atoms with van der Waals surface area (Å²) >= 11 is 0. The lowest BCUT2D eigenvalue weighted by molar-refractivity contribution is 0.0693. The average Bonchev–Trinajstić information content (AvgIpc) is 2.92. The van der Waals surface area contributed by atoms with Gasteiger partial charge in [-0.25, -0.2) is 9.78 Å². The highest BCUT2D eigenvalue weighted by atomic mass is 16.5. The van der Waals surface area contributed by atoms with E-state index in [2.05, 4.69) is 4.98 Å². The smallest absolute Gasteiger partial charge is 0.356 e. The Morgan fingerprint density at radius 3 is 2.74 bits per heavy atom. The normalized spacial score (nSPS) is 10.7. The topological polar surface area (TPSA) is 93.3 Å². The van der Waals surface area contributed by atoms with E-state index in [1.54, 1.807) is 34.7 Å². The van der Waals surface area contributed by atoms with E-state index in [-0.39, 0.29) is 18.1 Å². The van der Waals surface area contributed by atoms with Gasteiger partial charge in [-0.3, -0.25) is 4.40 Å². The summed E-state index contributed by atoms with van der Waals surface area (Å²) in [6.45, 7) is 0.0261. The van der Waals surface area contributed by atoms with Gasteiger partial charge < -0.3 is 19.7 Å². The van der Waals surface area contributed by atoms with Crippen molar-refractivity contribution in [2.75, 3.05) is 7.11 Å². The molecule has 0 saturated carbocycles.